The Morgan fingerprint density at radius 1 is 1.00 bits per heavy atom. The van der Waals surface area contributed by atoms with Crippen molar-refractivity contribution >= 4 is 29.4 Å². The van der Waals surface area contributed by atoms with Gasteiger partial charge in [-0.25, -0.2) is 0 Å². The van der Waals surface area contributed by atoms with Crippen LogP contribution in [-0.4, -0.2) is 70.6 Å². The molecule has 0 radical (unpaired) electrons. The van der Waals surface area contributed by atoms with Crippen molar-refractivity contribution in [2.75, 3.05) is 18.1 Å². The minimum absolute atomic E-state index is 0.170. The van der Waals surface area contributed by atoms with Gasteiger partial charge in [0, 0.05) is 18.7 Å². The first-order valence-corrected chi connectivity index (χ1v) is 18.4. The number of rotatable bonds is 15. The number of aliphatic hydroxyl groups is 1. The summed E-state index contributed by atoms with van der Waals surface area (Å²) in [6.45, 7) is 13.0. The molecule has 3 aliphatic heterocycles. The molecule has 2 bridgehead atoms. The van der Waals surface area contributed by atoms with Gasteiger partial charge in [-0.2, -0.15) is 0 Å². The Morgan fingerprint density at radius 3 is 2.25 bits per heavy atom. The number of para-hydroxylation sites is 1. The van der Waals surface area contributed by atoms with E-state index in [1.54, 1.807) is 24.0 Å². The summed E-state index contributed by atoms with van der Waals surface area (Å²) in [5.74, 6) is -3.73. The van der Waals surface area contributed by atoms with Crippen LogP contribution < -0.4 is 10.2 Å². The van der Waals surface area contributed by atoms with Crippen LogP contribution in [0, 0.1) is 25.7 Å². The molecule has 0 aliphatic carbocycles. The Balaban J connectivity index is 1.41. The Labute approximate surface area is 311 Å². The average Bonchev–Trinajstić information content (AvgIpc) is 3.81. The molecule has 3 aromatic carbocycles. The quantitative estimate of drug-likeness (QED) is 0.153. The zero-order valence-corrected chi connectivity index (χ0v) is 30.6. The lowest BCUT2D eigenvalue weighted by molar-refractivity contribution is -0.162. The second-order valence-electron chi connectivity index (χ2n) is 14.3. The number of amides is 3. The number of nitrogens with one attached hydrogen (secondary N) is 1. The Kier molecular flexibility index (Phi) is 11.3. The summed E-state index contributed by atoms with van der Waals surface area (Å²) in [4.78, 5) is 60.7. The van der Waals surface area contributed by atoms with Gasteiger partial charge in [-0.05, 0) is 62.3 Å². The number of nitrogens with zero attached hydrogens (tertiary/aromatic N) is 2. The number of fused-ring (bicyclic) bond motifs is 1. The van der Waals surface area contributed by atoms with Crippen molar-refractivity contribution in [2.45, 2.75) is 82.4 Å². The van der Waals surface area contributed by atoms with Gasteiger partial charge in [-0.3, -0.25) is 19.2 Å². The van der Waals surface area contributed by atoms with E-state index in [0.29, 0.717) is 36.1 Å². The minimum atomic E-state index is -1.35. The number of anilines is 1. The third-order valence-electron chi connectivity index (χ3n) is 11.0. The number of aliphatic hydroxyl groups excluding tert-OH is 1. The minimum Gasteiger partial charge on any atom is -0.455 e. The van der Waals surface area contributed by atoms with E-state index in [0.717, 1.165) is 11.1 Å². The van der Waals surface area contributed by atoms with Crippen LogP contribution in [0.5, 0.6) is 0 Å². The molecule has 3 aliphatic rings. The Morgan fingerprint density at radius 2 is 1.64 bits per heavy atom. The fraction of sp³-hybridized carbons (Fsp3) is 0.395. The lowest BCUT2D eigenvalue weighted by atomic mass is 9.70. The maximum absolute atomic E-state index is 15.2. The first kappa shape index (κ1) is 37.7. The highest BCUT2D eigenvalue weighted by atomic mass is 16.6. The van der Waals surface area contributed by atoms with Crippen molar-refractivity contribution < 1.29 is 33.8 Å². The van der Waals surface area contributed by atoms with E-state index in [1.165, 1.54) is 4.90 Å². The molecule has 2 N–H and O–H groups in total. The fourth-order valence-electron chi connectivity index (χ4n) is 8.74. The van der Waals surface area contributed by atoms with E-state index in [4.69, 9.17) is 9.47 Å². The van der Waals surface area contributed by atoms with Gasteiger partial charge in [0.05, 0.1) is 36.6 Å². The Bertz CT molecular complexity index is 1830. The molecule has 3 heterocycles. The van der Waals surface area contributed by atoms with Crippen molar-refractivity contribution in [3.63, 3.8) is 0 Å². The summed E-state index contributed by atoms with van der Waals surface area (Å²) < 4.78 is 13.1. The number of likely N-dealkylation sites (tertiary alicyclic amines) is 1. The highest BCUT2D eigenvalue weighted by Crippen LogP contribution is 2.60. The number of allylic oxidation sites excluding steroid dienone is 1. The molecule has 0 aromatic heterocycles. The van der Waals surface area contributed by atoms with Crippen LogP contribution in [0.2, 0.25) is 0 Å². The van der Waals surface area contributed by atoms with E-state index in [-0.39, 0.29) is 24.8 Å². The molecule has 10 nitrogen and oxygen atoms in total. The lowest BCUT2D eigenvalue weighted by Crippen LogP contribution is -2.57. The lowest BCUT2D eigenvalue weighted by Gasteiger charge is -2.40. The first-order chi connectivity index (χ1) is 25.6. The van der Waals surface area contributed by atoms with Crippen LogP contribution in [0.1, 0.15) is 67.0 Å². The average molecular weight is 720 g/mol. The number of benzene rings is 3. The number of hydrogen-bond acceptors (Lipinski definition) is 7. The molecule has 10 heteroatoms. The smallest absolute Gasteiger partial charge is 0.313 e. The van der Waals surface area contributed by atoms with Crippen molar-refractivity contribution in [1.29, 1.82) is 0 Å². The van der Waals surface area contributed by atoms with Gasteiger partial charge < -0.3 is 29.7 Å². The number of ether oxygens (including phenoxy) is 2. The van der Waals surface area contributed by atoms with Crippen LogP contribution in [0.25, 0.3) is 0 Å². The molecule has 8 atom stereocenters. The number of hydrogen-bond donors (Lipinski definition) is 2. The number of aryl methyl sites for hydroxylation is 2. The molecule has 3 amide bonds. The van der Waals surface area contributed by atoms with E-state index >= 15 is 9.59 Å². The van der Waals surface area contributed by atoms with Gasteiger partial charge >= 0.3 is 5.97 Å². The topological polar surface area (TPSA) is 125 Å². The van der Waals surface area contributed by atoms with Crippen LogP contribution in [0.3, 0.4) is 0 Å². The normalized spacial score (nSPS) is 24.5. The molecule has 0 saturated carbocycles. The maximum Gasteiger partial charge on any atom is 0.313 e. The standard InChI is InChI=1S/C43H49N3O7/c1-6-8-22-34(48)44-29(5)38(31-20-13-10-14-21-31)52-42(51)35-33-23-24-43(53-33)36(35)40(49)46(32(26-47)30-18-11-9-12-19-30)39(43)41(50)45(25-7-2)37-27(3)16-15-17-28(37)4/h6-7,9-21,29,32-33,35-36,38-39,47H,1-2,8,22-26H2,3-5H3,(H,44,48)/t29-,32+,33+,35-,36-,38-,39+,43-/m0/s1. The van der Waals surface area contributed by atoms with Crippen molar-refractivity contribution in [1.82, 2.24) is 10.2 Å². The second kappa shape index (κ2) is 15.9. The van der Waals surface area contributed by atoms with Gasteiger partial charge in [-0.15, -0.1) is 13.2 Å². The summed E-state index contributed by atoms with van der Waals surface area (Å²) in [5.41, 5.74) is 2.45. The molecular weight excluding hydrogens is 670 g/mol. The van der Waals surface area contributed by atoms with Gasteiger partial charge in [0.2, 0.25) is 11.8 Å². The molecule has 53 heavy (non-hydrogen) atoms. The van der Waals surface area contributed by atoms with Gasteiger partial charge in [0.1, 0.15) is 17.7 Å². The van der Waals surface area contributed by atoms with E-state index in [1.807, 2.05) is 92.7 Å². The van der Waals surface area contributed by atoms with Crippen LogP contribution in [0.4, 0.5) is 5.69 Å². The summed E-state index contributed by atoms with van der Waals surface area (Å²) in [6.07, 6.45) is 3.33. The molecule has 6 rings (SSSR count). The molecule has 3 fully saturated rings. The fourth-order valence-corrected chi connectivity index (χ4v) is 8.74. The predicted molar refractivity (Wildman–Crippen MR) is 201 cm³/mol. The number of carbonyl (C=O) groups is 4. The summed E-state index contributed by atoms with van der Waals surface area (Å²) in [6, 6.07) is 21.4. The number of esters is 1. The summed E-state index contributed by atoms with van der Waals surface area (Å²) in [7, 11) is 0. The molecular formula is C43H49N3O7. The van der Waals surface area contributed by atoms with Gasteiger partial charge in [0.15, 0.2) is 0 Å². The molecule has 1 spiro atoms. The van der Waals surface area contributed by atoms with Gasteiger partial charge in [0.25, 0.3) is 5.91 Å². The summed E-state index contributed by atoms with van der Waals surface area (Å²) in [5, 5.41) is 13.9. The van der Waals surface area contributed by atoms with E-state index in [2.05, 4.69) is 18.5 Å². The van der Waals surface area contributed by atoms with E-state index < -0.39 is 66.3 Å². The zero-order valence-electron chi connectivity index (χ0n) is 30.6. The second-order valence-corrected chi connectivity index (χ2v) is 14.3. The van der Waals surface area contributed by atoms with Gasteiger partial charge in [-0.1, -0.05) is 91.0 Å². The third-order valence-corrected chi connectivity index (χ3v) is 11.0. The Hall–Kier alpha value is -5.06. The predicted octanol–water partition coefficient (Wildman–Crippen LogP) is 5.69. The highest BCUT2D eigenvalue weighted by molar-refractivity contribution is 6.05. The van der Waals surface area contributed by atoms with Crippen LogP contribution >= 0.6 is 0 Å². The van der Waals surface area contributed by atoms with Crippen molar-refractivity contribution in [3.8, 4) is 0 Å². The molecule has 278 valence electrons. The summed E-state index contributed by atoms with van der Waals surface area (Å²) >= 11 is 0. The van der Waals surface area contributed by atoms with Crippen molar-refractivity contribution in [2.24, 2.45) is 11.8 Å². The largest absolute Gasteiger partial charge is 0.455 e. The van der Waals surface area contributed by atoms with Crippen LogP contribution in [0.15, 0.2) is 104 Å². The molecule has 0 unspecified atom stereocenters. The number of carbonyl (C=O) groups excluding carboxylic acids is 4. The van der Waals surface area contributed by atoms with E-state index in [9.17, 15) is 14.7 Å². The highest BCUT2D eigenvalue weighted by Gasteiger charge is 2.76. The first-order valence-electron chi connectivity index (χ1n) is 18.4. The SMILES string of the molecule is C=CCCC(=O)N[C@@H](C)[C@H](OC(=O)[C@@H]1[C@H]2C(=O)N([C@H](CO)c3ccccc3)[C@H](C(=O)N(CC=C)c3c(C)cccc3C)[C@]23CC[C@H]1O3)c1ccccc1. The third kappa shape index (κ3) is 6.93. The zero-order chi connectivity index (χ0) is 37.9. The maximum atomic E-state index is 15.2. The monoisotopic (exact) mass is 719 g/mol. The molecule has 3 aromatic rings. The van der Waals surface area contributed by atoms with Crippen molar-refractivity contribution in [3.05, 3.63) is 126 Å². The molecule has 3 saturated heterocycles. The van der Waals surface area contributed by atoms with Crippen LogP contribution in [-0.2, 0) is 28.7 Å².